The van der Waals surface area contributed by atoms with Crippen LogP contribution in [0.2, 0.25) is 0 Å². The maximum absolute atomic E-state index is 5.34. The van der Waals surface area contributed by atoms with Crippen LogP contribution in [-0.2, 0) is 0 Å². The molecule has 2 aromatic rings. The van der Waals surface area contributed by atoms with Crippen LogP contribution in [0.1, 0.15) is 57.2 Å². The van der Waals surface area contributed by atoms with Gasteiger partial charge in [-0.25, -0.2) is 0 Å². The molecule has 2 aliphatic rings. The Hall–Kier alpha value is -2.04. The van der Waals surface area contributed by atoms with Gasteiger partial charge in [0.05, 0.1) is 11.4 Å². The summed E-state index contributed by atoms with van der Waals surface area (Å²) < 4.78 is 5.34. The molecule has 0 spiro atoms. The van der Waals surface area contributed by atoms with Gasteiger partial charge in [-0.05, 0) is 50.8 Å². The van der Waals surface area contributed by atoms with E-state index in [0.717, 1.165) is 5.56 Å². The Morgan fingerprint density at radius 1 is 0.917 bits per heavy atom. The van der Waals surface area contributed by atoms with Crippen LogP contribution in [0.15, 0.2) is 22.7 Å². The Bertz CT molecular complexity index is 684. The Labute approximate surface area is 143 Å². The fourth-order valence-corrected chi connectivity index (χ4v) is 3.92. The van der Waals surface area contributed by atoms with E-state index < -0.39 is 0 Å². The van der Waals surface area contributed by atoms with E-state index in [4.69, 9.17) is 4.52 Å². The molecule has 2 aliphatic carbocycles. The highest BCUT2D eigenvalue weighted by atomic mass is 16.5. The molecule has 1 aromatic heterocycles. The highest BCUT2D eigenvalue weighted by Gasteiger charge is 2.20. The van der Waals surface area contributed by atoms with Gasteiger partial charge in [-0.1, -0.05) is 30.8 Å². The molecule has 0 unspecified atom stereocenters. The van der Waals surface area contributed by atoms with Crippen molar-refractivity contribution in [2.75, 3.05) is 10.6 Å². The van der Waals surface area contributed by atoms with Gasteiger partial charge in [0.1, 0.15) is 0 Å². The van der Waals surface area contributed by atoms with E-state index in [1.165, 1.54) is 62.7 Å². The minimum Gasteiger partial charge on any atom is -0.381 e. The predicted molar refractivity (Wildman–Crippen MR) is 96.2 cm³/mol. The van der Waals surface area contributed by atoms with Gasteiger partial charge in [-0.3, -0.25) is 0 Å². The summed E-state index contributed by atoms with van der Waals surface area (Å²) in [6.45, 7) is 1.85. The molecule has 2 saturated carbocycles. The van der Waals surface area contributed by atoms with Crippen molar-refractivity contribution in [2.24, 2.45) is 0 Å². The molecule has 2 fully saturated rings. The van der Waals surface area contributed by atoms with Crippen molar-refractivity contribution in [1.82, 2.24) is 10.1 Å². The zero-order valence-corrected chi connectivity index (χ0v) is 14.3. The van der Waals surface area contributed by atoms with E-state index in [0.29, 0.717) is 23.8 Å². The minimum atomic E-state index is 0.578. The monoisotopic (exact) mass is 326 g/mol. The van der Waals surface area contributed by atoms with Gasteiger partial charge >= 0.3 is 0 Å². The summed E-state index contributed by atoms with van der Waals surface area (Å²) in [5.74, 6) is 1.26. The number of aromatic nitrogens is 2. The van der Waals surface area contributed by atoms with Crippen LogP contribution in [0.3, 0.4) is 0 Å². The molecule has 5 heteroatoms. The normalized spacial score (nSPS) is 19.0. The third-order valence-corrected chi connectivity index (χ3v) is 5.22. The second-order valence-corrected chi connectivity index (χ2v) is 7.16. The molecule has 0 atom stereocenters. The molecule has 0 bridgehead atoms. The number of nitrogens with one attached hydrogen (secondary N) is 2. The number of hydrogen-bond donors (Lipinski definition) is 2. The summed E-state index contributed by atoms with van der Waals surface area (Å²) in [6.07, 6.45) is 10.4. The first-order valence-electron chi connectivity index (χ1n) is 9.26. The first kappa shape index (κ1) is 15.5. The molecule has 24 heavy (non-hydrogen) atoms. The molecular formula is C19H26N4O. The number of benzene rings is 1. The van der Waals surface area contributed by atoms with Crippen molar-refractivity contribution in [2.45, 2.75) is 70.4 Å². The fraction of sp³-hybridized carbons (Fsp3) is 0.579. The van der Waals surface area contributed by atoms with Crippen LogP contribution in [-0.4, -0.2) is 22.2 Å². The topological polar surface area (TPSA) is 63.0 Å². The van der Waals surface area contributed by atoms with Gasteiger partial charge < -0.3 is 15.2 Å². The number of nitrogens with zero attached hydrogens (tertiary/aromatic N) is 2. The van der Waals surface area contributed by atoms with E-state index in [2.05, 4.69) is 39.0 Å². The predicted octanol–water partition coefficient (Wildman–Crippen LogP) is 4.75. The lowest BCUT2D eigenvalue weighted by Crippen LogP contribution is -2.19. The van der Waals surface area contributed by atoms with E-state index in [-0.39, 0.29) is 0 Å². The number of aryl methyl sites for hydroxylation is 1. The summed E-state index contributed by atoms with van der Waals surface area (Å²) in [7, 11) is 0. The van der Waals surface area contributed by atoms with E-state index >= 15 is 0 Å². The lowest BCUT2D eigenvalue weighted by molar-refractivity contribution is 0.425. The second-order valence-electron chi connectivity index (χ2n) is 7.16. The summed E-state index contributed by atoms with van der Waals surface area (Å²) in [4.78, 5) is 4.36. The summed E-state index contributed by atoms with van der Waals surface area (Å²) in [5, 5.41) is 11.4. The third kappa shape index (κ3) is 3.40. The quantitative estimate of drug-likeness (QED) is 0.830. The maximum Gasteiger partial charge on any atom is 0.257 e. The Balaban J connectivity index is 1.61. The Kier molecular flexibility index (Phi) is 4.41. The minimum absolute atomic E-state index is 0.578. The smallest absolute Gasteiger partial charge is 0.257 e. The van der Waals surface area contributed by atoms with Crippen LogP contribution in [0.25, 0.3) is 11.5 Å². The number of rotatable bonds is 5. The molecular weight excluding hydrogens is 300 g/mol. The first-order valence-corrected chi connectivity index (χ1v) is 9.26. The van der Waals surface area contributed by atoms with Crippen LogP contribution in [0.4, 0.5) is 11.4 Å². The largest absolute Gasteiger partial charge is 0.381 e. The van der Waals surface area contributed by atoms with Crippen molar-refractivity contribution < 1.29 is 4.52 Å². The van der Waals surface area contributed by atoms with Crippen molar-refractivity contribution in [3.05, 3.63) is 24.0 Å². The number of hydrogen-bond acceptors (Lipinski definition) is 5. The lowest BCUT2D eigenvalue weighted by atomic mass is 10.1. The highest BCUT2D eigenvalue weighted by molar-refractivity contribution is 5.75. The van der Waals surface area contributed by atoms with Gasteiger partial charge in [0.15, 0.2) is 5.82 Å². The zero-order valence-electron chi connectivity index (χ0n) is 14.3. The van der Waals surface area contributed by atoms with Gasteiger partial charge in [-0.15, -0.1) is 0 Å². The molecule has 2 N–H and O–H groups in total. The molecule has 0 aliphatic heterocycles. The van der Waals surface area contributed by atoms with Crippen LogP contribution < -0.4 is 10.6 Å². The first-order chi connectivity index (χ1) is 11.8. The molecule has 1 heterocycles. The van der Waals surface area contributed by atoms with Crippen molar-refractivity contribution >= 4 is 11.4 Å². The van der Waals surface area contributed by atoms with E-state index in [9.17, 15) is 0 Å². The van der Waals surface area contributed by atoms with Gasteiger partial charge in [0.2, 0.25) is 0 Å². The van der Waals surface area contributed by atoms with E-state index in [1.807, 2.05) is 6.92 Å². The van der Waals surface area contributed by atoms with Gasteiger partial charge in [0, 0.05) is 17.6 Å². The zero-order chi connectivity index (χ0) is 16.4. The van der Waals surface area contributed by atoms with Gasteiger partial charge in [0.25, 0.3) is 5.89 Å². The Morgan fingerprint density at radius 2 is 1.54 bits per heavy atom. The standard InChI is InChI=1S/C19H26N4O/c1-13-20-19(24-23-13)14-10-11-17(21-15-6-2-3-7-15)18(12-14)22-16-8-4-5-9-16/h10-12,15-16,21-22H,2-9H2,1H3. The van der Waals surface area contributed by atoms with Crippen molar-refractivity contribution in [3.63, 3.8) is 0 Å². The van der Waals surface area contributed by atoms with Crippen molar-refractivity contribution in [3.8, 4) is 11.5 Å². The molecule has 1 aromatic carbocycles. The third-order valence-electron chi connectivity index (χ3n) is 5.22. The Morgan fingerprint density at radius 3 is 2.12 bits per heavy atom. The molecule has 0 saturated heterocycles. The average molecular weight is 326 g/mol. The van der Waals surface area contributed by atoms with E-state index in [1.54, 1.807) is 0 Å². The molecule has 0 radical (unpaired) electrons. The lowest BCUT2D eigenvalue weighted by Gasteiger charge is -2.21. The van der Waals surface area contributed by atoms with Crippen LogP contribution in [0, 0.1) is 6.92 Å². The summed E-state index contributed by atoms with van der Waals surface area (Å²) in [5.41, 5.74) is 3.35. The van der Waals surface area contributed by atoms with Crippen molar-refractivity contribution in [1.29, 1.82) is 0 Å². The molecule has 4 rings (SSSR count). The molecule has 0 amide bonds. The van der Waals surface area contributed by atoms with Gasteiger partial charge in [-0.2, -0.15) is 4.98 Å². The maximum atomic E-state index is 5.34. The second kappa shape index (κ2) is 6.83. The number of anilines is 2. The SMILES string of the molecule is Cc1noc(-c2ccc(NC3CCCC3)c(NC3CCCC3)c2)n1. The average Bonchev–Trinajstić information content (AvgIpc) is 3.32. The molecule has 128 valence electrons. The van der Waals surface area contributed by atoms with Crippen LogP contribution in [0.5, 0.6) is 0 Å². The molecule has 5 nitrogen and oxygen atoms in total. The fourth-order valence-electron chi connectivity index (χ4n) is 3.92. The highest BCUT2D eigenvalue weighted by Crippen LogP contribution is 2.33. The summed E-state index contributed by atoms with van der Waals surface area (Å²) >= 11 is 0. The van der Waals surface area contributed by atoms with Crippen LogP contribution >= 0.6 is 0 Å². The summed E-state index contributed by atoms with van der Waals surface area (Å²) in [6, 6.07) is 7.57.